The number of thioether (sulfide) groups is 1. The minimum Gasteiger partial charge on any atom is -0.274 e. The van der Waals surface area contributed by atoms with Gasteiger partial charge in [0.25, 0.3) is 0 Å². The molecule has 0 aliphatic carbocycles. The normalized spacial score (nSPS) is 12.6. The molecule has 0 fully saturated rings. The molecule has 1 unspecified atom stereocenters. The molecule has 0 saturated heterocycles. The predicted octanol–water partition coefficient (Wildman–Crippen LogP) is 4.51. The van der Waals surface area contributed by atoms with Crippen LogP contribution in [0.3, 0.4) is 0 Å². The summed E-state index contributed by atoms with van der Waals surface area (Å²) in [5.74, 6) is -1.38. The van der Waals surface area contributed by atoms with Crippen molar-refractivity contribution in [3.05, 3.63) is 35.9 Å². The second kappa shape index (κ2) is 10.1. The number of anilines is 1. The van der Waals surface area contributed by atoms with Crippen molar-refractivity contribution in [1.29, 1.82) is 0 Å². The Bertz CT molecular complexity index is 845. The zero-order valence-corrected chi connectivity index (χ0v) is 17.4. The van der Waals surface area contributed by atoms with E-state index in [9.17, 15) is 22.8 Å². The van der Waals surface area contributed by atoms with E-state index in [1.54, 1.807) is 25.3 Å². The summed E-state index contributed by atoms with van der Waals surface area (Å²) in [6.45, 7) is 1.65. The molecule has 2 rings (SSSR count). The highest BCUT2D eigenvalue weighted by Crippen LogP contribution is 2.29. The third-order valence-electron chi connectivity index (χ3n) is 3.96. The number of hydrogen-bond acceptors (Lipinski definition) is 5. The number of alkyl halides is 3. The van der Waals surface area contributed by atoms with Gasteiger partial charge >= 0.3 is 6.18 Å². The van der Waals surface area contributed by atoms with Crippen LogP contribution in [0.1, 0.15) is 26.2 Å². The maximum Gasteiger partial charge on any atom is 0.389 e. The lowest BCUT2D eigenvalue weighted by Crippen LogP contribution is -2.41. The van der Waals surface area contributed by atoms with Crippen molar-refractivity contribution in [3.8, 4) is 5.69 Å². The van der Waals surface area contributed by atoms with Crippen LogP contribution in [0.2, 0.25) is 5.15 Å². The SMILES string of the molecule is CSCC(C)C(=O)N(C(=O)CCCC(F)(F)F)c1cn(-c2cccnc2)nc1Cl. The molecule has 2 aromatic heterocycles. The number of amides is 2. The third-order valence-corrected chi connectivity index (χ3v) is 5.06. The lowest BCUT2D eigenvalue weighted by molar-refractivity contribution is -0.137. The molecule has 6 nitrogen and oxygen atoms in total. The predicted molar refractivity (Wildman–Crippen MR) is 106 cm³/mol. The monoisotopic (exact) mass is 448 g/mol. The average molecular weight is 449 g/mol. The lowest BCUT2D eigenvalue weighted by atomic mass is 10.1. The van der Waals surface area contributed by atoms with Crippen molar-refractivity contribution < 1.29 is 22.8 Å². The van der Waals surface area contributed by atoms with Gasteiger partial charge in [-0.25, -0.2) is 9.58 Å². The molecule has 0 saturated carbocycles. The number of halogens is 4. The molecule has 0 N–H and O–H groups in total. The first-order valence-corrected chi connectivity index (χ1v) is 10.5. The molecule has 2 heterocycles. The van der Waals surface area contributed by atoms with Crippen LogP contribution in [-0.2, 0) is 9.59 Å². The molecular formula is C18H20ClF3N4O2S. The zero-order chi connectivity index (χ0) is 21.6. The van der Waals surface area contributed by atoms with Crippen LogP contribution in [0.5, 0.6) is 0 Å². The van der Waals surface area contributed by atoms with Crippen LogP contribution in [0.15, 0.2) is 30.7 Å². The van der Waals surface area contributed by atoms with E-state index in [1.165, 1.54) is 28.8 Å². The minimum absolute atomic E-state index is 0.0329. The Morgan fingerprint density at radius 1 is 1.38 bits per heavy atom. The van der Waals surface area contributed by atoms with Gasteiger partial charge in [-0.1, -0.05) is 18.5 Å². The summed E-state index contributed by atoms with van der Waals surface area (Å²) in [5, 5.41) is 3.99. The standard InChI is InChI=1S/C18H20ClF3N4O2S/c1-12(11-29-2)17(28)26(15(27)6-3-7-18(20,21)22)14-10-25(24-16(14)19)13-5-4-8-23-9-13/h4-5,8-10,12H,3,6-7,11H2,1-2H3. The Balaban J connectivity index is 2.33. The number of nitrogens with zero attached hydrogens (tertiary/aromatic N) is 4. The van der Waals surface area contributed by atoms with Crippen molar-refractivity contribution >= 4 is 40.9 Å². The van der Waals surface area contributed by atoms with Crippen molar-refractivity contribution in [2.24, 2.45) is 5.92 Å². The number of hydrogen-bond donors (Lipinski definition) is 0. The Morgan fingerprint density at radius 3 is 2.69 bits per heavy atom. The smallest absolute Gasteiger partial charge is 0.274 e. The molecule has 0 aliphatic rings. The van der Waals surface area contributed by atoms with Gasteiger partial charge in [0.05, 0.1) is 18.1 Å². The molecule has 0 bridgehead atoms. The Labute approximate surface area is 175 Å². The quantitative estimate of drug-likeness (QED) is 0.594. The van der Waals surface area contributed by atoms with E-state index in [0.717, 1.165) is 4.90 Å². The van der Waals surface area contributed by atoms with Crippen LogP contribution >= 0.6 is 23.4 Å². The summed E-state index contributed by atoms with van der Waals surface area (Å²) in [4.78, 5) is 30.4. The second-order valence-electron chi connectivity index (χ2n) is 6.35. The van der Waals surface area contributed by atoms with Crippen molar-refractivity contribution in [3.63, 3.8) is 0 Å². The first-order valence-electron chi connectivity index (χ1n) is 8.72. The fourth-order valence-corrected chi connectivity index (χ4v) is 3.44. The van der Waals surface area contributed by atoms with E-state index in [4.69, 9.17) is 11.6 Å². The van der Waals surface area contributed by atoms with Crippen molar-refractivity contribution in [2.45, 2.75) is 32.4 Å². The number of imide groups is 1. The Morgan fingerprint density at radius 2 is 2.10 bits per heavy atom. The highest BCUT2D eigenvalue weighted by atomic mass is 35.5. The van der Waals surface area contributed by atoms with Gasteiger partial charge < -0.3 is 0 Å². The average Bonchev–Trinajstić information content (AvgIpc) is 3.03. The molecular weight excluding hydrogens is 429 g/mol. The summed E-state index contributed by atoms with van der Waals surface area (Å²) in [7, 11) is 0. The van der Waals surface area contributed by atoms with Gasteiger partial charge in [0.15, 0.2) is 5.15 Å². The van der Waals surface area contributed by atoms with Gasteiger partial charge in [-0.15, -0.1) is 0 Å². The van der Waals surface area contributed by atoms with Crippen LogP contribution in [-0.4, -0.2) is 44.8 Å². The molecule has 11 heteroatoms. The molecule has 2 amide bonds. The summed E-state index contributed by atoms with van der Waals surface area (Å²) >= 11 is 7.60. The number of aromatic nitrogens is 3. The minimum atomic E-state index is -4.37. The van der Waals surface area contributed by atoms with Crippen molar-refractivity contribution in [1.82, 2.24) is 14.8 Å². The van der Waals surface area contributed by atoms with Crippen molar-refractivity contribution in [2.75, 3.05) is 16.9 Å². The van der Waals surface area contributed by atoms with E-state index in [0.29, 0.717) is 11.4 Å². The number of pyridine rings is 1. The molecule has 1 atom stereocenters. The number of carbonyl (C=O) groups is 2. The Hall–Kier alpha value is -2.07. The van der Waals surface area contributed by atoms with Gasteiger partial charge in [0.2, 0.25) is 11.8 Å². The molecule has 0 aromatic carbocycles. The first-order chi connectivity index (χ1) is 13.6. The molecule has 2 aromatic rings. The van der Waals surface area contributed by atoms with Gasteiger partial charge in [-0.3, -0.25) is 14.6 Å². The fourth-order valence-electron chi connectivity index (χ4n) is 2.58. The van der Waals surface area contributed by atoms with Gasteiger partial charge in [-0.05, 0) is 24.8 Å². The third kappa shape index (κ3) is 6.46. The fraction of sp³-hybridized carbons (Fsp3) is 0.444. The molecule has 158 valence electrons. The maximum absolute atomic E-state index is 12.9. The van der Waals surface area contributed by atoms with Crippen LogP contribution < -0.4 is 4.90 Å². The first kappa shape index (κ1) is 23.2. The van der Waals surface area contributed by atoms with Gasteiger partial charge in [0.1, 0.15) is 5.69 Å². The molecule has 0 spiro atoms. The zero-order valence-electron chi connectivity index (χ0n) is 15.8. The molecule has 0 radical (unpaired) electrons. The van der Waals surface area contributed by atoms with E-state index in [2.05, 4.69) is 10.1 Å². The van der Waals surface area contributed by atoms with Gasteiger partial charge in [-0.2, -0.15) is 30.0 Å². The van der Waals surface area contributed by atoms with Crippen LogP contribution in [0.4, 0.5) is 18.9 Å². The largest absolute Gasteiger partial charge is 0.389 e. The highest BCUT2D eigenvalue weighted by Gasteiger charge is 2.32. The second-order valence-corrected chi connectivity index (χ2v) is 7.62. The maximum atomic E-state index is 12.9. The highest BCUT2D eigenvalue weighted by molar-refractivity contribution is 7.98. The molecule has 0 aliphatic heterocycles. The van der Waals surface area contributed by atoms with E-state index in [1.807, 2.05) is 6.26 Å². The van der Waals surface area contributed by atoms with E-state index in [-0.39, 0.29) is 10.8 Å². The summed E-state index contributed by atoms with van der Waals surface area (Å²) in [6, 6.07) is 3.38. The van der Waals surface area contributed by atoms with Crippen LogP contribution in [0.25, 0.3) is 5.69 Å². The Kier molecular flexibility index (Phi) is 8.09. The topological polar surface area (TPSA) is 68.1 Å². The van der Waals surface area contributed by atoms with Crippen LogP contribution in [0, 0.1) is 5.92 Å². The summed E-state index contributed by atoms with van der Waals surface area (Å²) in [6.07, 6.45) is -0.0469. The molecule has 29 heavy (non-hydrogen) atoms. The van der Waals surface area contributed by atoms with E-state index < -0.39 is 43.2 Å². The summed E-state index contributed by atoms with van der Waals surface area (Å²) in [5.41, 5.74) is 0.584. The lowest BCUT2D eigenvalue weighted by Gasteiger charge is -2.23. The number of rotatable bonds is 8. The summed E-state index contributed by atoms with van der Waals surface area (Å²) < 4.78 is 38.7. The van der Waals surface area contributed by atoms with E-state index >= 15 is 0 Å². The number of carbonyl (C=O) groups excluding carboxylic acids is 2. The van der Waals surface area contributed by atoms with Gasteiger partial charge in [0, 0.05) is 30.7 Å².